The molecule has 1 fully saturated rings. The fourth-order valence-electron chi connectivity index (χ4n) is 1.60. The highest BCUT2D eigenvalue weighted by Gasteiger charge is 2.20. The topological polar surface area (TPSA) is 12.0 Å². The number of benzene rings is 1. The third-order valence-electron chi connectivity index (χ3n) is 3.07. The van der Waals surface area contributed by atoms with Crippen LogP contribution in [-0.4, -0.2) is 11.3 Å². The van der Waals surface area contributed by atoms with Crippen LogP contribution in [0.4, 0.5) is 4.39 Å². The van der Waals surface area contributed by atoms with Crippen molar-refractivity contribution >= 4 is 11.8 Å². The molecule has 1 aromatic carbocycles. The third kappa shape index (κ3) is 4.00. The van der Waals surface area contributed by atoms with Crippen molar-refractivity contribution in [2.24, 2.45) is 0 Å². The highest BCUT2D eigenvalue weighted by molar-refractivity contribution is 7.99. The van der Waals surface area contributed by atoms with E-state index < -0.39 is 0 Å². The standard InChI is InChI=1S/C14H20FNS/c1-3-10(2)17-14-7-4-11(8-13(14)15)9-16-12-5-6-12/h4,7-8,10,12,16H,3,5-6,9H2,1-2H3. The SMILES string of the molecule is CCC(C)Sc1ccc(CNC2CC2)cc1F. The van der Waals surface area contributed by atoms with Gasteiger partial charge in [0.05, 0.1) is 0 Å². The molecule has 0 heterocycles. The van der Waals surface area contributed by atoms with Crippen LogP contribution in [0.15, 0.2) is 23.1 Å². The smallest absolute Gasteiger partial charge is 0.137 e. The minimum Gasteiger partial charge on any atom is -0.310 e. The molecule has 1 atom stereocenters. The van der Waals surface area contributed by atoms with Crippen molar-refractivity contribution in [2.75, 3.05) is 0 Å². The monoisotopic (exact) mass is 253 g/mol. The molecule has 1 unspecified atom stereocenters. The molecule has 3 heteroatoms. The molecule has 1 aliphatic carbocycles. The van der Waals surface area contributed by atoms with Gasteiger partial charge in [0, 0.05) is 22.7 Å². The van der Waals surface area contributed by atoms with E-state index in [1.54, 1.807) is 17.8 Å². The molecule has 94 valence electrons. The third-order valence-corrected chi connectivity index (χ3v) is 4.39. The van der Waals surface area contributed by atoms with Crippen molar-refractivity contribution in [1.29, 1.82) is 0 Å². The molecular formula is C14H20FNS. The van der Waals surface area contributed by atoms with Crippen LogP contribution in [-0.2, 0) is 6.54 Å². The van der Waals surface area contributed by atoms with Gasteiger partial charge >= 0.3 is 0 Å². The quantitative estimate of drug-likeness (QED) is 0.770. The molecule has 17 heavy (non-hydrogen) atoms. The first-order chi connectivity index (χ1) is 8.19. The maximum absolute atomic E-state index is 13.8. The zero-order valence-electron chi connectivity index (χ0n) is 10.5. The maximum Gasteiger partial charge on any atom is 0.137 e. The van der Waals surface area contributed by atoms with Gasteiger partial charge in [-0.2, -0.15) is 0 Å². The number of nitrogens with one attached hydrogen (secondary N) is 1. The molecule has 0 bridgehead atoms. The Morgan fingerprint density at radius 2 is 2.24 bits per heavy atom. The Hall–Kier alpha value is -0.540. The summed E-state index contributed by atoms with van der Waals surface area (Å²) in [6, 6.07) is 6.28. The number of hydrogen-bond acceptors (Lipinski definition) is 2. The molecule has 0 saturated heterocycles. The van der Waals surface area contributed by atoms with Crippen molar-refractivity contribution in [1.82, 2.24) is 5.32 Å². The van der Waals surface area contributed by atoms with Gasteiger partial charge in [-0.25, -0.2) is 4.39 Å². The van der Waals surface area contributed by atoms with Gasteiger partial charge in [0.1, 0.15) is 5.82 Å². The van der Waals surface area contributed by atoms with Gasteiger partial charge in [-0.05, 0) is 37.0 Å². The number of halogens is 1. The Kier molecular flexibility index (Phi) is 4.46. The van der Waals surface area contributed by atoms with Crippen molar-refractivity contribution in [3.05, 3.63) is 29.6 Å². The van der Waals surface area contributed by atoms with E-state index in [1.165, 1.54) is 12.8 Å². The minimum atomic E-state index is -0.0783. The predicted molar refractivity (Wildman–Crippen MR) is 71.9 cm³/mol. The lowest BCUT2D eigenvalue weighted by Gasteiger charge is -2.10. The van der Waals surface area contributed by atoms with Crippen molar-refractivity contribution in [3.63, 3.8) is 0 Å². The minimum absolute atomic E-state index is 0.0783. The zero-order chi connectivity index (χ0) is 12.3. The highest BCUT2D eigenvalue weighted by atomic mass is 32.2. The summed E-state index contributed by atoms with van der Waals surface area (Å²) in [5.41, 5.74) is 1.04. The Balaban J connectivity index is 1.94. The van der Waals surface area contributed by atoms with E-state index >= 15 is 0 Å². The van der Waals surface area contributed by atoms with Gasteiger partial charge in [-0.15, -0.1) is 11.8 Å². The number of rotatable bonds is 6. The van der Waals surface area contributed by atoms with Crippen molar-refractivity contribution in [2.45, 2.75) is 55.8 Å². The molecule has 1 aliphatic rings. The predicted octanol–water partition coefficient (Wildman–Crippen LogP) is 3.97. The lowest BCUT2D eigenvalue weighted by atomic mass is 10.2. The molecule has 0 amide bonds. The second kappa shape index (κ2) is 5.87. The molecule has 0 aliphatic heterocycles. The zero-order valence-corrected chi connectivity index (χ0v) is 11.3. The average molecular weight is 253 g/mol. The summed E-state index contributed by atoms with van der Waals surface area (Å²) in [6.07, 6.45) is 3.60. The highest BCUT2D eigenvalue weighted by Crippen LogP contribution is 2.28. The van der Waals surface area contributed by atoms with Crippen LogP contribution in [0, 0.1) is 5.82 Å². The largest absolute Gasteiger partial charge is 0.310 e. The van der Waals surface area contributed by atoms with E-state index in [2.05, 4.69) is 19.2 Å². The Morgan fingerprint density at radius 3 is 2.82 bits per heavy atom. The number of hydrogen-bond donors (Lipinski definition) is 1. The van der Waals surface area contributed by atoms with Crippen LogP contribution in [0.1, 0.15) is 38.7 Å². The van der Waals surface area contributed by atoms with E-state index in [-0.39, 0.29) is 5.82 Å². The van der Waals surface area contributed by atoms with Gasteiger partial charge in [0.25, 0.3) is 0 Å². The fraction of sp³-hybridized carbons (Fsp3) is 0.571. The Morgan fingerprint density at radius 1 is 1.47 bits per heavy atom. The van der Waals surface area contributed by atoms with E-state index in [9.17, 15) is 4.39 Å². The van der Waals surface area contributed by atoms with E-state index in [4.69, 9.17) is 0 Å². The lowest BCUT2D eigenvalue weighted by molar-refractivity contribution is 0.594. The molecule has 1 aromatic rings. The van der Waals surface area contributed by atoms with Gasteiger partial charge in [0.15, 0.2) is 0 Å². The molecule has 2 rings (SSSR count). The van der Waals surface area contributed by atoms with Crippen LogP contribution in [0.3, 0.4) is 0 Å². The maximum atomic E-state index is 13.8. The van der Waals surface area contributed by atoms with Crippen molar-refractivity contribution in [3.8, 4) is 0 Å². The summed E-state index contributed by atoms with van der Waals surface area (Å²) < 4.78 is 13.8. The molecule has 0 aromatic heterocycles. The summed E-state index contributed by atoms with van der Waals surface area (Å²) >= 11 is 1.62. The van der Waals surface area contributed by atoms with Crippen LogP contribution in [0.2, 0.25) is 0 Å². The summed E-state index contributed by atoms with van der Waals surface area (Å²) in [5, 5.41) is 3.87. The van der Waals surface area contributed by atoms with Crippen LogP contribution in [0.5, 0.6) is 0 Å². The Labute approximate surface area is 107 Å². The normalized spacial score (nSPS) is 17.1. The molecule has 1 saturated carbocycles. The fourth-order valence-corrected chi connectivity index (χ4v) is 2.52. The molecule has 1 N–H and O–H groups in total. The summed E-state index contributed by atoms with van der Waals surface area (Å²) in [6.45, 7) is 5.05. The second-order valence-electron chi connectivity index (χ2n) is 4.76. The van der Waals surface area contributed by atoms with Crippen molar-refractivity contribution < 1.29 is 4.39 Å². The van der Waals surface area contributed by atoms with Gasteiger partial charge in [0.2, 0.25) is 0 Å². The van der Waals surface area contributed by atoms with E-state index in [0.29, 0.717) is 11.3 Å². The van der Waals surface area contributed by atoms with Crippen LogP contribution in [0.25, 0.3) is 0 Å². The number of thioether (sulfide) groups is 1. The lowest BCUT2D eigenvalue weighted by Crippen LogP contribution is -2.15. The summed E-state index contributed by atoms with van der Waals surface area (Å²) in [5.74, 6) is -0.0783. The second-order valence-corrected chi connectivity index (χ2v) is 6.24. The molecular weight excluding hydrogens is 233 g/mol. The van der Waals surface area contributed by atoms with Gasteiger partial charge in [-0.3, -0.25) is 0 Å². The molecule has 0 spiro atoms. The Bertz CT molecular complexity index is 376. The first kappa shape index (κ1) is 12.9. The molecule has 0 radical (unpaired) electrons. The summed E-state index contributed by atoms with van der Waals surface area (Å²) in [7, 11) is 0. The van der Waals surface area contributed by atoms with Crippen LogP contribution >= 0.6 is 11.8 Å². The van der Waals surface area contributed by atoms with Gasteiger partial charge in [-0.1, -0.05) is 19.9 Å². The van der Waals surface area contributed by atoms with Gasteiger partial charge < -0.3 is 5.32 Å². The van der Waals surface area contributed by atoms with E-state index in [1.807, 2.05) is 12.1 Å². The van der Waals surface area contributed by atoms with E-state index in [0.717, 1.165) is 23.4 Å². The summed E-state index contributed by atoms with van der Waals surface area (Å²) in [4.78, 5) is 0.773. The van der Waals surface area contributed by atoms with Crippen LogP contribution < -0.4 is 5.32 Å². The molecule has 1 nitrogen and oxygen atoms in total. The first-order valence-electron chi connectivity index (χ1n) is 6.37. The average Bonchev–Trinajstić information content (AvgIpc) is 3.13. The first-order valence-corrected chi connectivity index (χ1v) is 7.25.